The zero-order valence-corrected chi connectivity index (χ0v) is 32.3. The SMILES string of the molecule is COc1ccc(-c2cc(OC)c(OC)c(OC)c2CO[Si](C)(C)C(C)(C)C)c(C(C#Cc2ccccc2)N(C(C)=O)c2cccc(C(F)(F)F)c2)c1. The summed E-state index contributed by atoms with van der Waals surface area (Å²) >= 11 is 0. The smallest absolute Gasteiger partial charge is 0.416 e. The molecular formula is C41H46F3NO6Si. The molecular weight excluding hydrogens is 688 g/mol. The molecule has 0 radical (unpaired) electrons. The van der Waals surface area contributed by atoms with Gasteiger partial charge in [-0.2, -0.15) is 13.2 Å². The van der Waals surface area contributed by atoms with E-state index in [0.29, 0.717) is 50.8 Å². The van der Waals surface area contributed by atoms with Gasteiger partial charge in [0.05, 0.1) is 40.6 Å². The van der Waals surface area contributed by atoms with Gasteiger partial charge in [-0.3, -0.25) is 9.69 Å². The quantitative estimate of drug-likeness (QED) is 0.113. The van der Waals surface area contributed by atoms with Gasteiger partial charge in [0.1, 0.15) is 11.8 Å². The summed E-state index contributed by atoms with van der Waals surface area (Å²) in [5, 5.41) is -0.104. The lowest BCUT2D eigenvalue weighted by molar-refractivity contribution is -0.137. The molecule has 0 saturated carbocycles. The Labute approximate surface area is 305 Å². The third kappa shape index (κ3) is 8.74. The molecule has 1 unspecified atom stereocenters. The standard InChI is InChI=1S/C41H46F3NO6Si/c1-27(46)45(30-18-14-17-29(23-30)41(42,43)44)36(22-19-28-15-12-11-13-16-28)34-24-31(47-5)20-21-32(34)33-25-37(48-6)39(50-8)38(49-7)35(33)26-51-52(9,10)40(2,3)4/h11-18,20-21,23-25,36H,26H2,1-10H3. The first kappa shape index (κ1) is 39.9. The van der Waals surface area contributed by atoms with Gasteiger partial charge in [0.25, 0.3) is 0 Å². The van der Waals surface area contributed by atoms with Crippen LogP contribution in [-0.2, 0) is 22.0 Å². The average molecular weight is 734 g/mol. The largest absolute Gasteiger partial charge is 0.497 e. The summed E-state index contributed by atoms with van der Waals surface area (Å²) in [6.45, 7) is 12.2. The Bertz CT molecular complexity index is 1940. The molecule has 7 nitrogen and oxygen atoms in total. The van der Waals surface area contributed by atoms with E-state index in [-0.39, 0.29) is 17.3 Å². The van der Waals surface area contributed by atoms with Crippen molar-refractivity contribution in [2.45, 2.75) is 64.7 Å². The molecule has 1 amide bonds. The van der Waals surface area contributed by atoms with Crippen LogP contribution in [0, 0.1) is 11.8 Å². The van der Waals surface area contributed by atoms with Crippen molar-refractivity contribution in [2.24, 2.45) is 0 Å². The molecule has 0 bridgehead atoms. The van der Waals surface area contributed by atoms with Crippen molar-refractivity contribution >= 4 is 19.9 Å². The molecule has 4 rings (SSSR count). The Kier molecular flexibility index (Phi) is 12.4. The Morgan fingerprint density at radius 3 is 2.04 bits per heavy atom. The van der Waals surface area contributed by atoms with E-state index in [1.165, 1.54) is 52.4 Å². The second kappa shape index (κ2) is 16.2. The van der Waals surface area contributed by atoms with Gasteiger partial charge >= 0.3 is 6.18 Å². The fourth-order valence-corrected chi connectivity index (χ4v) is 6.45. The predicted molar refractivity (Wildman–Crippen MR) is 201 cm³/mol. The summed E-state index contributed by atoms with van der Waals surface area (Å²) in [5.41, 5.74) is 2.14. The van der Waals surface area contributed by atoms with Gasteiger partial charge in [0, 0.05) is 23.7 Å². The second-order valence-corrected chi connectivity index (χ2v) is 18.5. The van der Waals surface area contributed by atoms with Crippen LogP contribution in [0.25, 0.3) is 11.1 Å². The third-order valence-corrected chi connectivity index (χ3v) is 13.8. The van der Waals surface area contributed by atoms with E-state index in [1.807, 2.05) is 36.4 Å². The first-order chi connectivity index (χ1) is 24.5. The lowest BCUT2D eigenvalue weighted by atomic mass is 9.89. The summed E-state index contributed by atoms with van der Waals surface area (Å²) in [6, 6.07) is 19.8. The van der Waals surface area contributed by atoms with Crippen LogP contribution in [0.3, 0.4) is 0 Å². The first-order valence-electron chi connectivity index (χ1n) is 16.6. The van der Waals surface area contributed by atoms with Crippen LogP contribution in [-0.4, -0.2) is 42.7 Å². The number of benzene rings is 4. The lowest BCUT2D eigenvalue weighted by Gasteiger charge is -2.36. The molecule has 4 aromatic carbocycles. The van der Waals surface area contributed by atoms with Crippen LogP contribution < -0.4 is 23.8 Å². The summed E-state index contributed by atoms with van der Waals surface area (Å²) in [4.78, 5) is 14.9. The Morgan fingerprint density at radius 2 is 1.48 bits per heavy atom. The molecule has 0 aliphatic carbocycles. The van der Waals surface area contributed by atoms with Crippen molar-refractivity contribution in [1.82, 2.24) is 0 Å². The van der Waals surface area contributed by atoms with Gasteiger partial charge in [-0.15, -0.1) is 0 Å². The molecule has 11 heteroatoms. The van der Waals surface area contributed by atoms with Crippen LogP contribution in [0.1, 0.15) is 56.0 Å². The van der Waals surface area contributed by atoms with Crippen molar-refractivity contribution in [1.29, 1.82) is 0 Å². The number of ether oxygens (including phenoxy) is 4. The molecule has 0 heterocycles. The Morgan fingerprint density at radius 1 is 0.808 bits per heavy atom. The number of halogens is 3. The number of amides is 1. The molecule has 0 aliphatic heterocycles. The number of methoxy groups -OCH3 is 4. The van der Waals surface area contributed by atoms with Gasteiger partial charge in [-0.25, -0.2) is 0 Å². The van der Waals surface area contributed by atoms with E-state index < -0.39 is 32.0 Å². The number of alkyl halides is 3. The normalized spacial score (nSPS) is 12.3. The third-order valence-electron chi connectivity index (χ3n) is 9.34. The summed E-state index contributed by atoms with van der Waals surface area (Å²) in [7, 11) is 3.77. The first-order valence-corrected chi connectivity index (χ1v) is 19.6. The van der Waals surface area contributed by atoms with Crippen LogP contribution in [0.15, 0.2) is 78.9 Å². The van der Waals surface area contributed by atoms with E-state index in [2.05, 4.69) is 45.7 Å². The maximum absolute atomic E-state index is 14.0. The number of hydrogen-bond acceptors (Lipinski definition) is 6. The number of rotatable bonds is 11. The zero-order chi connectivity index (χ0) is 38.4. The number of carbonyl (C=O) groups is 1. The summed E-state index contributed by atoms with van der Waals surface area (Å²) < 4.78 is 71.9. The fourth-order valence-electron chi connectivity index (χ4n) is 5.51. The topological polar surface area (TPSA) is 66.5 Å². The van der Waals surface area contributed by atoms with Gasteiger partial charge in [-0.1, -0.05) is 62.9 Å². The molecule has 0 fully saturated rings. The minimum absolute atomic E-state index is 0.0230. The summed E-state index contributed by atoms with van der Waals surface area (Å²) in [5.74, 6) is 7.45. The van der Waals surface area contributed by atoms with Gasteiger partial charge in [0.15, 0.2) is 19.8 Å². The Hall–Kier alpha value is -4.92. The molecule has 4 aromatic rings. The number of nitrogens with zero attached hydrogens (tertiary/aromatic N) is 1. The maximum Gasteiger partial charge on any atom is 0.416 e. The van der Waals surface area contributed by atoms with E-state index in [4.69, 9.17) is 23.4 Å². The van der Waals surface area contributed by atoms with E-state index in [0.717, 1.165) is 12.1 Å². The van der Waals surface area contributed by atoms with E-state index in [9.17, 15) is 18.0 Å². The van der Waals surface area contributed by atoms with Gasteiger partial charge < -0.3 is 23.4 Å². The molecule has 0 N–H and O–H groups in total. The van der Waals surface area contributed by atoms with E-state index in [1.54, 1.807) is 18.2 Å². The second-order valence-electron chi connectivity index (χ2n) is 13.6. The average Bonchev–Trinajstić information content (AvgIpc) is 3.10. The zero-order valence-electron chi connectivity index (χ0n) is 31.3. The van der Waals surface area contributed by atoms with E-state index >= 15 is 0 Å². The number of hydrogen-bond donors (Lipinski definition) is 0. The summed E-state index contributed by atoms with van der Waals surface area (Å²) in [6.07, 6.45) is -4.64. The molecule has 52 heavy (non-hydrogen) atoms. The highest BCUT2D eigenvalue weighted by Gasteiger charge is 2.38. The Balaban J connectivity index is 2.12. The highest BCUT2D eigenvalue weighted by Crippen LogP contribution is 2.49. The highest BCUT2D eigenvalue weighted by atomic mass is 28.4. The lowest BCUT2D eigenvalue weighted by Crippen LogP contribution is -2.40. The van der Waals surface area contributed by atoms with Crippen LogP contribution in [0.5, 0.6) is 23.0 Å². The number of carbonyl (C=O) groups excluding carboxylic acids is 1. The van der Waals surface area contributed by atoms with Crippen LogP contribution in [0.4, 0.5) is 18.9 Å². The van der Waals surface area contributed by atoms with Crippen molar-refractivity contribution in [3.8, 4) is 46.0 Å². The van der Waals surface area contributed by atoms with Crippen molar-refractivity contribution < 1.29 is 41.3 Å². The predicted octanol–water partition coefficient (Wildman–Crippen LogP) is 10.1. The molecule has 0 aromatic heterocycles. The number of anilines is 1. The maximum atomic E-state index is 14.0. The molecule has 0 spiro atoms. The minimum Gasteiger partial charge on any atom is -0.497 e. The monoisotopic (exact) mass is 733 g/mol. The van der Waals surface area contributed by atoms with Crippen molar-refractivity contribution in [3.05, 3.63) is 101 Å². The molecule has 1 atom stereocenters. The fraction of sp³-hybridized carbons (Fsp3) is 0.341. The van der Waals surface area contributed by atoms with Crippen molar-refractivity contribution in [3.63, 3.8) is 0 Å². The molecule has 276 valence electrons. The van der Waals surface area contributed by atoms with Crippen LogP contribution in [0.2, 0.25) is 18.1 Å². The molecule has 0 aliphatic rings. The highest BCUT2D eigenvalue weighted by molar-refractivity contribution is 6.74. The minimum atomic E-state index is -4.64. The van der Waals surface area contributed by atoms with Gasteiger partial charge in [0.2, 0.25) is 11.7 Å². The molecule has 0 saturated heterocycles. The van der Waals surface area contributed by atoms with Crippen LogP contribution >= 0.6 is 0 Å². The van der Waals surface area contributed by atoms with Crippen molar-refractivity contribution in [2.75, 3.05) is 33.3 Å². The van der Waals surface area contributed by atoms with Gasteiger partial charge in [-0.05, 0) is 83.4 Å².